The molecule has 0 bridgehead atoms. The third-order valence-electron chi connectivity index (χ3n) is 2.93. The van der Waals surface area contributed by atoms with Crippen molar-refractivity contribution < 1.29 is 4.74 Å². The first-order chi connectivity index (χ1) is 9.81. The van der Waals surface area contributed by atoms with Crippen molar-refractivity contribution in [2.75, 3.05) is 30.8 Å². The predicted octanol–water partition coefficient (Wildman–Crippen LogP) is 0.478. The van der Waals surface area contributed by atoms with Gasteiger partial charge in [0, 0.05) is 25.5 Å². The Hall–Kier alpha value is -2.22. The molecule has 0 aliphatic heterocycles. The Bertz CT molecular complexity index is 553. The molecule has 1 fully saturated rings. The maximum atomic E-state index is 5.67. The van der Waals surface area contributed by atoms with Gasteiger partial charge in [0.25, 0.3) is 5.95 Å². The van der Waals surface area contributed by atoms with E-state index in [1.165, 1.54) is 17.5 Å². The van der Waals surface area contributed by atoms with E-state index in [0.29, 0.717) is 25.0 Å². The van der Waals surface area contributed by atoms with Crippen LogP contribution in [0.3, 0.4) is 0 Å². The SMILES string of the molecule is Nc1nc(NCCOCC2CC2)nc(-n2cccn2)n1. The Morgan fingerprint density at radius 2 is 2.25 bits per heavy atom. The highest BCUT2D eigenvalue weighted by Gasteiger charge is 2.20. The van der Waals surface area contributed by atoms with Gasteiger partial charge >= 0.3 is 0 Å². The molecule has 1 aliphatic carbocycles. The number of rotatable bonds is 7. The average molecular weight is 275 g/mol. The minimum Gasteiger partial charge on any atom is -0.379 e. The summed E-state index contributed by atoms with van der Waals surface area (Å²) < 4.78 is 7.06. The van der Waals surface area contributed by atoms with Gasteiger partial charge in [-0.15, -0.1) is 0 Å². The van der Waals surface area contributed by atoms with Crippen LogP contribution in [0.4, 0.5) is 11.9 Å². The van der Waals surface area contributed by atoms with E-state index in [1.54, 1.807) is 18.5 Å². The van der Waals surface area contributed by atoms with Crippen molar-refractivity contribution in [3.63, 3.8) is 0 Å². The molecule has 1 saturated carbocycles. The number of aromatic nitrogens is 5. The number of hydrogen-bond donors (Lipinski definition) is 2. The summed E-state index contributed by atoms with van der Waals surface area (Å²) in [5.41, 5.74) is 5.67. The van der Waals surface area contributed by atoms with Gasteiger partial charge in [0.1, 0.15) is 0 Å². The fourth-order valence-corrected chi connectivity index (χ4v) is 1.72. The van der Waals surface area contributed by atoms with E-state index in [4.69, 9.17) is 10.5 Å². The van der Waals surface area contributed by atoms with Gasteiger partial charge in [-0.05, 0) is 24.8 Å². The van der Waals surface area contributed by atoms with Crippen molar-refractivity contribution in [1.82, 2.24) is 24.7 Å². The molecule has 2 heterocycles. The van der Waals surface area contributed by atoms with E-state index in [-0.39, 0.29) is 5.95 Å². The van der Waals surface area contributed by atoms with Crippen LogP contribution in [0.15, 0.2) is 18.5 Å². The first-order valence-electron chi connectivity index (χ1n) is 6.64. The zero-order chi connectivity index (χ0) is 13.8. The fraction of sp³-hybridized carbons (Fsp3) is 0.500. The lowest BCUT2D eigenvalue weighted by atomic mass is 10.5. The smallest absolute Gasteiger partial charge is 0.257 e. The van der Waals surface area contributed by atoms with Crippen molar-refractivity contribution >= 4 is 11.9 Å². The number of ether oxygens (including phenoxy) is 1. The third-order valence-corrected chi connectivity index (χ3v) is 2.93. The largest absolute Gasteiger partial charge is 0.379 e. The van der Waals surface area contributed by atoms with Gasteiger partial charge in [-0.2, -0.15) is 20.1 Å². The highest BCUT2D eigenvalue weighted by Crippen LogP contribution is 2.28. The molecule has 8 heteroatoms. The van der Waals surface area contributed by atoms with E-state index in [2.05, 4.69) is 25.4 Å². The molecule has 3 N–H and O–H groups in total. The molecule has 20 heavy (non-hydrogen) atoms. The van der Waals surface area contributed by atoms with Crippen LogP contribution in [0.2, 0.25) is 0 Å². The number of nitrogen functional groups attached to an aromatic ring is 1. The number of nitrogens with one attached hydrogen (secondary N) is 1. The molecule has 8 nitrogen and oxygen atoms in total. The van der Waals surface area contributed by atoms with Gasteiger partial charge < -0.3 is 15.8 Å². The van der Waals surface area contributed by atoms with Crippen molar-refractivity contribution in [2.24, 2.45) is 5.92 Å². The molecule has 0 saturated heterocycles. The Morgan fingerprint density at radius 3 is 3.00 bits per heavy atom. The normalized spacial score (nSPS) is 14.4. The summed E-state index contributed by atoms with van der Waals surface area (Å²) in [6.45, 7) is 2.10. The summed E-state index contributed by atoms with van der Waals surface area (Å²) in [7, 11) is 0. The lowest BCUT2D eigenvalue weighted by Crippen LogP contribution is -2.15. The quantitative estimate of drug-likeness (QED) is 0.708. The van der Waals surface area contributed by atoms with Gasteiger partial charge in [-0.3, -0.25) is 0 Å². The van der Waals surface area contributed by atoms with E-state index in [9.17, 15) is 0 Å². The highest BCUT2D eigenvalue weighted by atomic mass is 16.5. The lowest BCUT2D eigenvalue weighted by molar-refractivity contribution is 0.133. The second-order valence-electron chi connectivity index (χ2n) is 4.71. The molecule has 0 aromatic carbocycles. The Labute approximate surface area is 116 Å². The number of nitrogens with zero attached hydrogens (tertiary/aromatic N) is 5. The standard InChI is InChI=1S/C12H17N7O/c13-10-16-11(14-5-7-20-8-9-2-3-9)18-12(17-10)19-6-1-4-15-19/h1,4,6,9H,2-3,5,7-8H2,(H3,13,14,16,17,18). The molecule has 0 atom stereocenters. The number of anilines is 2. The van der Waals surface area contributed by atoms with Crippen LogP contribution in [-0.2, 0) is 4.74 Å². The summed E-state index contributed by atoms with van der Waals surface area (Å²) in [5, 5.41) is 7.13. The number of hydrogen-bond acceptors (Lipinski definition) is 7. The van der Waals surface area contributed by atoms with Crippen molar-refractivity contribution in [3.05, 3.63) is 18.5 Å². The molecule has 1 aliphatic rings. The van der Waals surface area contributed by atoms with E-state index < -0.39 is 0 Å². The van der Waals surface area contributed by atoms with Crippen LogP contribution in [0.25, 0.3) is 5.95 Å². The van der Waals surface area contributed by atoms with Crippen molar-refractivity contribution in [2.45, 2.75) is 12.8 Å². The fourth-order valence-electron chi connectivity index (χ4n) is 1.72. The molecule has 3 rings (SSSR count). The van der Waals surface area contributed by atoms with E-state index in [1.807, 2.05) is 0 Å². The summed E-state index contributed by atoms with van der Waals surface area (Å²) in [5.74, 6) is 1.75. The monoisotopic (exact) mass is 275 g/mol. The van der Waals surface area contributed by atoms with Crippen LogP contribution >= 0.6 is 0 Å². The molecule has 0 unspecified atom stereocenters. The minimum absolute atomic E-state index is 0.159. The molecule has 2 aromatic rings. The van der Waals surface area contributed by atoms with Gasteiger partial charge in [-0.25, -0.2) is 4.68 Å². The summed E-state index contributed by atoms with van der Waals surface area (Å²) >= 11 is 0. The molecule has 0 amide bonds. The average Bonchev–Trinajstić information content (AvgIpc) is 3.09. The predicted molar refractivity (Wildman–Crippen MR) is 73.4 cm³/mol. The zero-order valence-electron chi connectivity index (χ0n) is 11.1. The van der Waals surface area contributed by atoms with Crippen molar-refractivity contribution in [1.29, 1.82) is 0 Å². The summed E-state index contributed by atoms with van der Waals surface area (Å²) in [4.78, 5) is 12.3. The Kier molecular flexibility index (Phi) is 3.73. The maximum Gasteiger partial charge on any atom is 0.257 e. The van der Waals surface area contributed by atoms with Gasteiger partial charge in [0.2, 0.25) is 11.9 Å². The Morgan fingerprint density at radius 1 is 1.35 bits per heavy atom. The minimum atomic E-state index is 0.159. The highest BCUT2D eigenvalue weighted by molar-refractivity contribution is 5.34. The first kappa shape index (κ1) is 12.8. The summed E-state index contributed by atoms with van der Waals surface area (Å²) in [6.07, 6.45) is 5.99. The van der Waals surface area contributed by atoms with Crippen molar-refractivity contribution in [3.8, 4) is 5.95 Å². The molecule has 2 aromatic heterocycles. The van der Waals surface area contributed by atoms with E-state index >= 15 is 0 Å². The molecule has 0 spiro atoms. The van der Waals surface area contributed by atoms with Gasteiger partial charge in [-0.1, -0.05) is 0 Å². The molecular formula is C12H17N7O. The topological polar surface area (TPSA) is 104 Å². The van der Waals surface area contributed by atoms with Crippen LogP contribution in [-0.4, -0.2) is 44.5 Å². The van der Waals surface area contributed by atoms with Crippen LogP contribution in [0.5, 0.6) is 0 Å². The van der Waals surface area contributed by atoms with Gasteiger partial charge in [0.05, 0.1) is 6.61 Å². The molecule has 106 valence electrons. The second-order valence-corrected chi connectivity index (χ2v) is 4.71. The third kappa shape index (κ3) is 3.41. The second kappa shape index (κ2) is 5.83. The van der Waals surface area contributed by atoms with Crippen LogP contribution < -0.4 is 11.1 Å². The summed E-state index contributed by atoms with van der Waals surface area (Å²) in [6, 6.07) is 1.79. The molecule has 0 radical (unpaired) electrons. The van der Waals surface area contributed by atoms with Crippen LogP contribution in [0, 0.1) is 5.92 Å². The van der Waals surface area contributed by atoms with E-state index in [0.717, 1.165) is 12.5 Å². The Balaban J connectivity index is 1.55. The number of nitrogens with two attached hydrogens (primary N) is 1. The van der Waals surface area contributed by atoms with Crippen LogP contribution in [0.1, 0.15) is 12.8 Å². The van der Waals surface area contributed by atoms with Gasteiger partial charge in [0.15, 0.2) is 0 Å². The molecular weight excluding hydrogens is 258 g/mol. The maximum absolute atomic E-state index is 5.67. The lowest BCUT2D eigenvalue weighted by Gasteiger charge is -2.07. The first-order valence-corrected chi connectivity index (χ1v) is 6.64. The zero-order valence-corrected chi connectivity index (χ0v) is 11.1.